The largest absolute Gasteiger partial charge is 0.384 e. The van der Waals surface area contributed by atoms with E-state index < -0.39 is 5.60 Å². The lowest BCUT2D eigenvalue weighted by Gasteiger charge is -2.20. The van der Waals surface area contributed by atoms with E-state index in [9.17, 15) is 5.11 Å². The second kappa shape index (κ2) is 4.91. The van der Waals surface area contributed by atoms with Crippen molar-refractivity contribution in [1.29, 1.82) is 0 Å². The molecule has 0 radical (unpaired) electrons. The van der Waals surface area contributed by atoms with Crippen LogP contribution in [0.3, 0.4) is 0 Å². The average molecular weight is 309 g/mol. The highest BCUT2D eigenvalue weighted by atomic mass is 35.5. The SMILES string of the molecule is CC(O)(Cc1ccc(Cl)s1)c1cc2ccccc2s1. The molecular weight excluding hydrogens is 296 g/mol. The summed E-state index contributed by atoms with van der Waals surface area (Å²) in [6.07, 6.45) is 0.594. The van der Waals surface area contributed by atoms with Crippen molar-refractivity contribution in [2.45, 2.75) is 18.9 Å². The first-order valence-electron chi connectivity index (χ1n) is 6.00. The fourth-order valence-corrected chi connectivity index (χ4v) is 4.46. The molecule has 4 heteroatoms. The van der Waals surface area contributed by atoms with Crippen molar-refractivity contribution < 1.29 is 5.11 Å². The van der Waals surface area contributed by atoms with Crippen molar-refractivity contribution >= 4 is 44.4 Å². The van der Waals surface area contributed by atoms with Crippen LogP contribution in [0, 0.1) is 0 Å². The third-order valence-electron chi connectivity index (χ3n) is 3.10. The van der Waals surface area contributed by atoms with Crippen molar-refractivity contribution in [2.24, 2.45) is 0 Å². The van der Waals surface area contributed by atoms with Crippen LogP contribution in [0.25, 0.3) is 10.1 Å². The third-order valence-corrected chi connectivity index (χ3v) is 5.70. The van der Waals surface area contributed by atoms with Gasteiger partial charge >= 0.3 is 0 Å². The van der Waals surface area contributed by atoms with E-state index in [0.717, 1.165) is 14.1 Å². The Morgan fingerprint density at radius 3 is 2.63 bits per heavy atom. The average Bonchev–Trinajstić information content (AvgIpc) is 2.95. The van der Waals surface area contributed by atoms with E-state index in [1.165, 1.54) is 21.4 Å². The van der Waals surface area contributed by atoms with E-state index in [-0.39, 0.29) is 0 Å². The lowest BCUT2D eigenvalue weighted by Crippen LogP contribution is -2.22. The lowest BCUT2D eigenvalue weighted by atomic mass is 9.99. The number of hydrogen-bond acceptors (Lipinski definition) is 3. The molecule has 0 spiro atoms. The van der Waals surface area contributed by atoms with Crippen LogP contribution in [0.5, 0.6) is 0 Å². The van der Waals surface area contributed by atoms with E-state index in [0.29, 0.717) is 6.42 Å². The maximum atomic E-state index is 10.7. The van der Waals surface area contributed by atoms with Crippen LogP contribution < -0.4 is 0 Å². The number of rotatable bonds is 3. The highest BCUT2D eigenvalue weighted by Crippen LogP contribution is 2.36. The minimum Gasteiger partial charge on any atom is -0.384 e. The molecule has 98 valence electrons. The molecule has 1 nitrogen and oxygen atoms in total. The van der Waals surface area contributed by atoms with Gasteiger partial charge in [-0.1, -0.05) is 29.8 Å². The van der Waals surface area contributed by atoms with Crippen LogP contribution in [0.15, 0.2) is 42.5 Å². The van der Waals surface area contributed by atoms with Crippen molar-refractivity contribution in [1.82, 2.24) is 0 Å². The topological polar surface area (TPSA) is 20.2 Å². The zero-order valence-electron chi connectivity index (χ0n) is 10.4. The molecule has 0 aliphatic carbocycles. The van der Waals surface area contributed by atoms with Gasteiger partial charge in [-0.25, -0.2) is 0 Å². The minimum absolute atomic E-state index is 0.594. The number of benzene rings is 1. The Labute approximate surface area is 125 Å². The first-order chi connectivity index (χ1) is 9.04. The summed E-state index contributed by atoms with van der Waals surface area (Å²) in [5.41, 5.74) is -0.849. The smallest absolute Gasteiger partial charge is 0.101 e. The van der Waals surface area contributed by atoms with Gasteiger partial charge in [0, 0.05) is 20.9 Å². The molecule has 0 saturated carbocycles. The fraction of sp³-hybridized carbons (Fsp3) is 0.200. The predicted molar refractivity (Wildman–Crippen MR) is 84.4 cm³/mol. The normalized spacial score (nSPS) is 14.7. The van der Waals surface area contributed by atoms with Gasteiger partial charge in [-0.05, 0) is 36.6 Å². The fourth-order valence-electron chi connectivity index (χ4n) is 2.12. The number of fused-ring (bicyclic) bond motifs is 1. The molecule has 19 heavy (non-hydrogen) atoms. The van der Waals surface area contributed by atoms with Crippen LogP contribution in [-0.4, -0.2) is 5.11 Å². The van der Waals surface area contributed by atoms with Crippen molar-refractivity contribution in [3.05, 3.63) is 56.6 Å². The van der Waals surface area contributed by atoms with Gasteiger partial charge in [0.2, 0.25) is 0 Å². The van der Waals surface area contributed by atoms with Crippen LogP contribution >= 0.6 is 34.3 Å². The number of thiophene rings is 2. The minimum atomic E-state index is -0.849. The predicted octanol–water partition coefficient (Wildman–Crippen LogP) is 5.07. The van der Waals surface area contributed by atoms with Crippen LogP contribution in [0.4, 0.5) is 0 Å². The van der Waals surface area contributed by atoms with Crippen LogP contribution in [0.1, 0.15) is 16.7 Å². The monoisotopic (exact) mass is 308 g/mol. The number of aliphatic hydroxyl groups is 1. The summed E-state index contributed by atoms with van der Waals surface area (Å²) < 4.78 is 1.98. The third kappa shape index (κ3) is 2.70. The van der Waals surface area contributed by atoms with Gasteiger partial charge in [0.05, 0.1) is 4.34 Å². The standard InChI is InChI=1S/C15H13ClOS2/c1-15(17,9-11-6-7-14(16)18-11)13-8-10-4-2-3-5-12(10)19-13/h2-8,17H,9H2,1H3. The number of halogens is 1. The summed E-state index contributed by atoms with van der Waals surface area (Å²) in [5.74, 6) is 0. The van der Waals surface area contributed by atoms with Crippen LogP contribution in [-0.2, 0) is 12.0 Å². The van der Waals surface area contributed by atoms with Gasteiger partial charge < -0.3 is 5.11 Å². The molecule has 0 saturated heterocycles. The highest BCUT2D eigenvalue weighted by molar-refractivity contribution is 7.19. The van der Waals surface area contributed by atoms with Gasteiger partial charge in [0.1, 0.15) is 5.60 Å². The van der Waals surface area contributed by atoms with Crippen molar-refractivity contribution in [2.75, 3.05) is 0 Å². The summed E-state index contributed by atoms with van der Waals surface area (Å²) in [5, 5.41) is 11.9. The van der Waals surface area contributed by atoms with E-state index in [4.69, 9.17) is 11.6 Å². The first-order valence-corrected chi connectivity index (χ1v) is 8.01. The molecule has 0 bridgehead atoms. The van der Waals surface area contributed by atoms with Crippen molar-refractivity contribution in [3.63, 3.8) is 0 Å². The quantitative estimate of drug-likeness (QED) is 0.716. The molecular formula is C15H13ClOS2. The molecule has 0 fully saturated rings. The molecule has 1 unspecified atom stereocenters. The molecule has 1 N–H and O–H groups in total. The molecule has 2 heterocycles. The maximum Gasteiger partial charge on any atom is 0.101 e. The van der Waals surface area contributed by atoms with E-state index in [1.807, 2.05) is 31.2 Å². The molecule has 0 aliphatic heterocycles. The first kappa shape index (κ1) is 13.1. The lowest BCUT2D eigenvalue weighted by molar-refractivity contribution is 0.0624. The summed E-state index contributed by atoms with van der Waals surface area (Å²) in [7, 11) is 0. The summed E-state index contributed by atoms with van der Waals surface area (Å²) >= 11 is 9.12. The van der Waals surface area contributed by atoms with Crippen molar-refractivity contribution in [3.8, 4) is 0 Å². The number of hydrogen-bond donors (Lipinski definition) is 1. The summed E-state index contributed by atoms with van der Waals surface area (Å²) in [4.78, 5) is 2.10. The second-order valence-electron chi connectivity index (χ2n) is 4.80. The zero-order chi connectivity index (χ0) is 13.5. The Bertz CT molecular complexity index is 679. The Hall–Kier alpha value is -0.870. The van der Waals surface area contributed by atoms with Gasteiger partial charge in [-0.2, -0.15) is 0 Å². The van der Waals surface area contributed by atoms with E-state index in [1.54, 1.807) is 11.3 Å². The second-order valence-corrected chi connectivity index (χ2v) is 7.69. The highest BCUT2D eigenvalue weighted by Gasteiger charge is 2.26. The van der Waals surface area contributed by atoms with E-state index >= 15 is 0 Å². The van der Waals surface area contributed by atoms with E-state index in [2.05, 4.69) is 18.2 Å². The Morgan fingerprint density at radius 2 is 1.95 bits per heavy atom. The molecule has 3 rings (SSSR count). The molecule has 1 atom stereocenters. The Morgan fingerprint density at radius 1 is 1.16 bits per heavy atom. The molecule has 2 aromatic heterocycles. The Kier molecular flexibility index (Phi) is 3.39. The summed E-state index contributed by atoms with van der Waals surface area (Å²) in [6, 6.07) is 14.1. The summed E-state index contributed by atoms with van der Waals surface area (Å²) in [6.45, 7) is 1.87. The zero-order valence-corrected chi connectivity index (χ0v) is 12.8. The Balaban J connectivity index is 1.94. The molecule has 0 amide bonds. The van der Waals surface area contributed by atoms with Gasteiger partial charge in [0.15, 0.2) is 0 Å². The molecule has 1 aromatic carbocycles. The van der Waals surface area contributed by atoms with Gasteiger partial charge in [-0.3, -0.25) is 0 Å². The van der Waals surface area contributed by atoms with Gasteiger partial charge in [0.25, 0.3) is 0 Å². The maximum absolute atomic E-state index is 10.7. The van der Waals surface area contributed by atoms with Gasteiger partial charge in [-0.15, -0.1) is 22.7 Å². The molecule has 3 aromatic rings. The van der Waals surface area contributed by atoms with Crippen LogP contribution in [0.2, 0.25) is 4.34 Å². The molecule has 0 aliphatic rings.